The number of rotatable bonds is 5. The molecular formula is C25H28ClN7O4S. The number of nitrogens with zero attached hydrogens (tertiary/aromatic N) is 6. The minimum atomic E-state index is -0.448. The Kier molecular flexibility index (Phi) is 7.75. The summed E-state index contributed by atoms with van der Waals surface area (Å²) in [5.41, 5.74) is 2.91. The monoisotopic (exact) mass is 557 g/mol. The van der Waals surface area contributed by atoms with E-state index < -0.39 is 12.0 Å². The van der Waals surface area contributed by atoms with Gasteiger partial charge in [0.1, 0.15) is 6.26 Å². The van der Waals surface area contributed by atoms with Crippen molar-refractivity contribution in [3.05, 3.63) is 42.0 Å². The van der Waals surface area contributed by atoms with Crippen LogP contribution < -0.4 is 15.1 Å². The van der Waals surface area contributed by atoms with E-state index in [9.17, 15) is 9.90 Å². The zero-order valence-corrected chi connectivity index (χ0v) is 22.4. The van der Waals surface area contributed by atoms with E-state index >= 15 is 0 Å². The Hall–Kier alpha value is -3.32. The first-order valence-corrected chi connectivity index (χ1v) is 13.1. The number of morpholine rings is 1. The van der Waals surface area contributed by atoms with Gasteiger partial charge in [0.25, 0.3) is 5.91 Å². The molecule has 2 N–H and O–H groups in total. The lowest BCUT2D eigenvalue weighted by Crippen LogP contribution is -2.39. The molecule has 2 fully saturated rings. The number of aliphatic hydroxyl groups is 1. The summed E-state index contributed by atoms with van der Waals surface area (Å²) in [7, 11) is 0. The van der Waals surface area contributed by atoms with Gasteiger partial charge in [0.05, 0.1) is 29.7 Å². The number of anilines is 3. The van der Waals surface area contributed by atoms with Gasteiger partial charge in [-0.05, 0) is 38.0 Å². The van der Waals surface area contributed by atoms with Gasteiger partial charge in [-0.25, -0.2) is 9.97 Å². The summed E-state index contributed by atoms with van der Waals surface area (Å²) in [4.78, 5) is 35.6. The maximum Gasteiger partial charge on any atom is 0.277 e. The molecule has 6 rings (SSSR count). The number of halogens is 1. The van der Waals surface area contributed by atoms with Crippen molar-refractivity contribution in [2.24, 2.45) is 0 Å². The zero-order chi connectivity index (χ0) is 25.4. The van der Waals surface area contributed by atoms with E-state index in [2.05, 4.69) is 20.2 Å². The van der Waals surface area contributed by atoms with Crippen molar-refractivity contribution in [2.75, 3.05) is 54.5 Å². The van der Waals surface area contributed by atoms with Crippen molar-refractivity contribution >= 4 is 56.6 Å². The van der Waals surface area contributed by atoms with Crippen LogP contribution in [0.5, 0.6) is 0 Å². The highest BCUT2D eigenvalue weighted by Crippen LogP contribution is 2.36. The van der Waals surface area contributed by atoms with Crippen LogP contribution in [-0.4, -0.2) is 76.4 Å². The summed E-state index contributed by atoms with van der Waals surface area (Å²) in [6.07, 6.45) is 4.15. The van der Waals surface area contributed by atoms with Gasteiger partial charge < -0.3 is 29.4 Å². The fourth-order valence-electron chi connectivity index (χ4n) is 4.59. The predicted molar refractivity (Wildman–Crippen MR) is 148 cm³/mol. The van der Waals surface area contributed by atoms with Crippen LogP contribution in [0.1, 0.15) is 29.0 Å². The quantitative estimate of drug-likeness (QED) is 0.376. The van der Waals surface area contributed by atoms with Crippen molar-refractivity contribution in [1.82, 2.24) is 19.9 Å². The smallest absolute Gasteiger partial charge is 0.277 e. The summed E-state index contributed by atoms with van der Waals surface area (Å²) in [5.74, 6) is 0.534. The number of nitrogens with one attached hydrogen (secondary N) is 1. The van der Waals surface area contributed by atoms with Crippen molar-refractivity contribution in [2.45, 2.75) is 25.9 Å². The first-order valence-electron chi connectivity index (χ1n) is 12.3. The summed E-state index contributed by atoms with van der Waals surface area (Å²) in [6.45, 7) is 5.94. The number of amides is 1. The third-order valence-electron chi connectivity index (χ3n) is 6.46. The maximum atomic E-state index is 13.2. The second kappa shape index (κ2) is 11.2. The molecule has 0 bridgehead atoms. The van der Waals surface area contributed by atoms with Crippen LogP contribution in [0, 0.1) is 6.92 Å². The largest absolute Gasteiger partial charge is 0.444 e. The third kappa shape index (κ3) is 5.44. The SMILES string of the molecule is Cc1cc(-c2nc(C(=O)Nc3cc4sc(N5CCOCC5)nc4nc3N3CCCC(O)C3)co2)ccn1.Cl. The average molecular weight is 558 g/mol. The van der Waals surface area contributed by atoms with E-state index in [1.807, 2.05) is 24.0 Å². The molecular weight excluding hydrogens is 530 g/mol. The number of piperidine rings is 1. The highest BCUT2D eigenvalue weighted by atomic mass is 35.5. The van der Waals surface area contributed by atoms with Gasteiger partial charge >= 0.3 is 0 Å². The standard InChI is InChI=1S/C25H27N7O4S.ClH/c1-15-11-16(4-5-26-15)24-28-19(14-36-24)23(34)27-18-12-20-21(29-22(18)32-6-2-3-17(33)13-32)30-25(37-20)31-7-9-35-10-8-31;/h4-5,11-12,14,17,33H,2-3,6-10,13H2,1H3,(H,27,34);1H. The lowest BCUT2D eigenvalue weighted by Gasteiger charge is -2.32. The summed E-state index contributed by atoms with van der Waals surface area (Å²) in [5, 5.41) is 14.2. The summed E-state index contributed by atoms with van der Waals surface area (Å²) >= 11 is 1.54. The van der Waals surface area contributed by atoms with Crippen LogP contribution >= 0.6 is 23.7 Å². The average Bonchev–Trinajstić information content (AvgIpc) is 3.56. The molecule has 1 amide bonds. The number of fused-ring (bicyclic) bond motifs is 1. The lowest BCUT2D eigenvalue weighted by molar-refractivity contribution is 0.102. The van der Waals surface area contributed by atoms with Crippen molar-refractivity contribution < 1.29 is 19.1 Å². The molecule has 0 aromatic carbocycles. The van der Waals surface area contributed by atoms with Gasteiger partial charge in [0.2, 0.25) is 5.89 Å². The number of β-amino-alcohol motifs (C(OH)–C–C–N with tert-alkyl or cyclic N) is 1. The van der Waals surface area contributed by atoms with Gasteiger partial charge in [0, 0.05) is 43.6 Å². The number of carbonyl (C=O) groups excluding carboxylic acids is 1. The second-order valence-corrected chi connectivity index (χ2v) is 10.2. The zero-order valence-electron chi connectivity index (χ0n) is 20.8. The molecule has 200 valence electrons. The van der Waals surface area contributed by atoms with E-state index in [0.29, 0.717) is 42.8 Å². The molecule has 2 saturated heterocycles. The van der Waals surface area contributed by atoms with Gasteiger partial charge in [-0.3, -0.25) is 9.78 Å². The molecule has 11 nitrogen and oxygen atoms in total. The molecule has 1 atom stereocenters. The van der Waals surface area contributed by atoms with Crippen LogP contribution in [0.15, 0.2) is 35.1 Å². The summed E-state index contributed by atoms with van der Waals surface area (Å²) < 4.78 is 11.9. The fraction of sp³-hybridized carbons (Fsp3) is 0.400. The van der Waals surface area contributed by atoms with Gasteiger partial charge in [-0.1, -0.05) is 11.3 Å². The fourth-order valence-corrected chi connectivity index (χ4v) is 5.59. The number of aromatic nitrogens is 4. The second-order valence-electron chi connectivity index (χ2n) is 9.20. The number of ether oxygens (including phenoxy) is 1. The number of carbonyl (C=O) groups is 1. The highest BCUT2D eigenvalue weighted by Gasteiger charge is 2.25. The lowest BCUT2D eigenvalue weighted by atomic mass is 10.1. The topological polar surface area (TPSA) is 130 Å². The molecule has 0 aliphatic carbocycles. The van der Waals surface area contributed by atoms with Crippen LogP contribution in [0.3, 0.4) is 0 Å². The van der Waals surface area contributed by atoms with Gasteiger partial charge in [-0.2, -0.15) is 4.98 Å². The molecule has 4 aromatic heterocycles. The molecule has 0 saturated carbocycles. The minimum Gasteiger partial charge on any atom is -0.444 e. The molecule has 38 heavy (non-hydrogen) atoms. The number of thiazole rings is 1. The molecule has 2 aliphatic rings. The van der Waals surface area contributed by atoms with Crippen molar-refractivity contribution in [3.63, 3.8) is 0 Å². The Balaban J connectivity index is 0.00000294. The first-order chi connectivity index (χ1) is 18.0. The Labute approximate surface area is 229 Å². The van der Waals surface area contributed by atoms with Gasteiger partial charge in [-0.15, -0.1) is 12.4 Å². The van der Waals surface area contributed by atoms with Crippen LogP contribution in [0.2, 0.25) is 0 Å². The Bertz CT molecular complexity index is 1440. The Morgan fingerprint density at radius 2 is 2.00 bits per heavy atom. The molecule has 0 radical (unpaired) electrons. The van der Waals surface area contributed by atoms with E-state index in [0.717, 1.165) is 53.6 Å². The van der Waals surface area contributed by atoms with Crippen LogP contribution in [0.25, 0.3) is 21.8 Å². The van der Waals surface area contributed by atoms with E-state index in [1.165, 1.54) is 17.6 Å². The van der Waals surface area contributed by atoms with Crippen molar-refractivity contribution in [3.8, 4) is 11.5 Å². The van der Waals surface area contributed by atoms with E-state index in [1.54, 1.807) is 12.3 Å². The number of hydrogen-bond acceptors (Lipinski definition) is 11. The van der Waals surface area contributed by atoms with Crippen LogP contribution in [-0.2, 0) is 4.74 Å². The number of aryl methyl sites for hydroxylation is 1. The molecule has 0 spiro atoms. The predicted octanol–water partition coefficient (Wildman–Crippen LogP) is 3.52. The molecule has 2 aliphatic heterocycles. The van der Waals surface area contributed by atoms with Gasteiger partial charge in [0.15, 0.2) is 22.3 Å². The van der Waals surface area contributed by atoms with E-state index in [4.69, 9.17) is 19.1 Å². The van der Waals surface area contributed by atoms with Crippen LogP contribution in [0.4, 0.5) is 16.6 Å². The maximum absolute atomic E-state index is 13.2. The molecule has 6 heterocycles. The Morgan fingerprint density at radius 3 is 2.79 bits per heavy atom. The number of aliphatic hydroxyl groups excluding tert-OH is 1. The number of oxazole rings is 1. The summed E-state index contributed by atoms with van der Waals surface area (Å²) in [6, 6.07) is 5.54. The molecule has 1 unspecified atom stereocenters. The number of hydrogen-bond donors (Lipinski definition) is 2. The molecule has 13 heteroatoms. The Morgan fingerprint density at radius 1 is 1.16 bits per heavy atom. The first kappa shape index (κ1) is 26.3. The van der Waals surface area contributed by atoms with E-state index in [-0.39, 0.29) is 18.1 Å². The third-order valence-corrected chi connectivity index (χ3v) is 7.51. The highest BCUT2D eigenvalue weighted by molar-refractivity contribution is 7.22. The minimum absolute atomic E-state index is 0. The number of pyridine rings is 2. The molecule has 4 aromatic rings. The van der Waals surface area contributed by atoms with Crippen molar-refractivity contribution in [1.29, 1.82) is 0 Å². The normalized spacial score (nSPS) is 17.9.